The number of benzene rings is 1. The highest BCUT2D eigenvalue weighted by Crippen LogP contribution is 2.24. The zero-order valence-corrected chi connectivity index (χ0v) is 12.5. The Morgan fingerprint density at radius 1 is 1.25 bits per heavy atom. The van der Waals surface area contributed by atoms with Gasteiger partial charge in [-0.1, -0.05) is 24.3 Å². The van der Waals surface area contributed by atoms with Gasteiger partial charge in [-0.2, -0.15) is 0 Å². The van der Waals surface area contributed by atoms with E-state index in [2.05, 4.69) is 4.98 Å². The molecular weight excluding hydrogens is 268 g/mol. The van der Waals surface area contributed by atoms with Crippen LogP contribution in [0, 0.1) is 0 Å². The van der Waals surface area contributed by atoms with E-state index in [9.17, 15) is 4.79 Å². The maximum absolute atomic E-state index is 12.3. The summed E-state index contributed by atoms with van der Waals surface area (Å²) >= 11 is 1.58. The molecule has 0 aliphatic rings. The molecule has 0 aliphatic carbocycles. The predicted octanol–water partition coefficient (Wildman–Crippen LogP) is 3.22. The molecule has 0 N–H and O–H groups in total. The third-order valence-electron chi connectivity index (χ3n) is 2.92. The van der Waals surface area contributed by atoms with Crippen LogP contribution in [0.4, 0.5) is 0 Å². The van der Waals surface area contributed by atoms with Crippen LogP contribution in [0.15, 0.2) is 59.8 Å². The molecule has 1 aromatic carbocycles. The lowest BCUT2D eigenvalue weighted by Gasteiger charge is -2.21. The lowest BCUT2D eigenvalue weighted by molar-refractivity contribution is -0.129. The second-order valence-corrected chi connectivity index (χ2v) is 6.04. The first-order valence-electron chi connectivity index (χ1n) is 6.52. The number of thioether (sulfide) groups is 1. The van der Waals surface area contributed by atoms with Gasteiger partial charge in [-0.05, 0) is 30.7 Å². The van der Waals surface area contributed by atoms with Crippen LogP contribution in [0.2, 0.25) is 0 Å². The molecule has 20 heavy (non-hydrogen) atoms. The second kappa shape index (κ2) is 7.10. The van der Waals surface area contributed by atoms with Crippen molar-refractivity contribution in [3.8, 4) is 0 Å². The van der Waals surface area contributed by atoms with Crippen molar-refractivity contribution in [3.05, 3.63) is 60.4 Å². The Morgan fingerprint density at radius 2 is 2.00 bits per heavy atom. The van der Waals surface area contributed by atoms with E-state index < -0.39 is 0 Å². The fourth-order valence-corrected chi connectivity index (χ4v) is 2.91. The molecule has 4 heteroatoms. The maximum atomic E-state index is 12.3. The summed E-state index contributed by atoms with van der Waals surface area (Å²) in [4.78, 5) is 19.3. The van der Waals surface area contributed by atoms with Gasteiger partial charge in [-0.25, -0.2) is 0 Å². The molecule has 2 rings (SSSR count). The van der Waals surface area contributed by atoms with Crippen LogP contribution < -0.4 is 0 Å². The molecule has 1 unspecified atom stereocenters. The van der Waals surface area contributed by atoms with Crippen LogP contribution in [-0.4, -0.2) is 28.1 Å². The first-order chi connectivity index (χ1) is 9.66. The molecule has 3 nitrogen and oxygen atoms in total. The van der Waals surface area contributed by atoms with Crippen molar-refractivity contribution in [2.75, 3.05) is 7.05 Å². The van der Waals surface area contributed by atoms with Gasteiger partial charge in [0, 0.05) is 30.9 Å². The van der Waals surface area contributed by atoms with Gasteiger partial charge in [0.1, 0.15) is 0 Å². The number of carbonyl (C=O) groups is 1. The minimum Gasteiger partial charge on any atom is -0.340 e. The third kappa shape index (κ3) is 4.10. The first kappa shape index (κ1) is 14.6. The highest BCUT2D eigenvalue weighted by atomic mass is 32.2. The molecule has 1 aromatic heterocycles. The summed E-state index contributed by atoms with van der Waals surface area (Å²) in [5.41, 5.74) is 1.04. The molecule has 0 radical (unpaired) electrons. The monoisotopic (exact) mass is 286 g/mol. The van der Waals surface area contributed by atoms with Gasteiger partial charge in [0.15, 0.2) is 0 Å². The summed E-state index contributed by atoms with van der Waals surface area (Å²) in [6.45, 7) is 2.53. The predicted molar refractivity (Wildman–Crippen MR) is 82.5 cm³/mol. The Balaban J connectivity index is 1.93. The summed E-state index contributed by atoms with van der Waals surface area (Å²) in [6.07, 6.45) is 3.53. The van der Waals surface area contributed by atoms with E-state index in [1.54, 1.807) is 29.1 Å². The number of carbonyl (C=O) groups excluding carboxylic acids is 1. The van der Waals surface area contributed by atoms with Crippen molar-refractivity contribution in [2.24, 2.45) is 0 Å². The number of hydrogen-bond acceptors (Lipinski definition) is 3. The van der Waals surface area contributed by atoms with E-state index in [4.69, 9.17) is 0 Å². The number of hydrogen-bond donors (Lipinski definition) is 0. The maximum Gasteiger partial charge on any atom is 0.235 e. The second-order valence-electron chi connectivity index (χ2n) is 4.63. The molecule has 1 atom stereocenters. The van der Waals surface area contributed by atoms with Crippen molar-refractivity contribution in [1.82, 2.24) is 9.88 Å². The lowest BCUT2D eigenvalue weighted by Crippen LogP contribution is -2.32. The zero-order valence-electron chi connectivity index (χ0n) is 11.7. The van der Waals surface area contributed by atoms with Crippen molar-refractivity contribution in [2.45, 2.75) is 23.6 Å². The molecule has 0 spiro atoms. The quantitative estimate of drug-likeness (QED) is 0.791. The molecule has 0 aliphatic heterocycles. The summed E-state index contributed by atoms with van der Waals surface area (Å²) in [7, 11) is 1.83. The van der Waals surface area contributed by atoms with Gasteiger partial charge >= 0.3 is 0 Å². The molecule has 0 saturated heterocycles. The Hall–Kier alpha value is -1.81. The van der Waals surface area contributed by atoms with Gasteiger partial charge in [0.25, 0.3) is 0 Å². The fourth-order valence-electron chi connectivity index (χ4n) is 1.91. The van der Waals surface area contributed by atoms with Crippen LogP contribution in [-0.2, 0) is 11.3 Å². The van der Waals surface area contributed by atoms with Gasteiger partial charge in [-0.15, -0.1) is 11.8 Å². The SMILES string of the molecule is CC(Sc1ccccc1)C(=O)N(C)Cc1cccnc1. The highest BCUT2D eigenvalue weighted by Gasteiger charge is 2.18. The zero-order chi connectivity index (χ0) is 14.4. The number of nitrogens with zero attached hydrogens (tertiary/aromatic N) is 2. The minimum absolute atomic E-state index is 0.0981. The van der Waals surface area contributed by atoms with E-state index in [1.165, 1.54) is 0 Å². The third-order valence-corrected chi connectivity index (χ3v) is 4.02. The average molecular weight is 286 g/mol. The van der Waals surface area contributed by atoms with Crippen LogP contribution in [0.3, 0.4) is 0 Å². The molecule has 104 valence electrons. The first-order valence-corrected chi connectivity index (χ1v) is 7.40. The average Bonchev–Trinajstić information content (AvgIpc) is 2.48. The minimum atomic E-state index is -0.0981. The Labute approximate surface area is 124 Å². The van der Waals surface area contributed by atoms with Crippen LogP contribution in [0.25, 0.3) is 0 Å². The molecule has 0 saturated carbocycles. The highest BCUT2D eigenvalue weighted by molar-refractivity contribution is 8.00. The van der Waals surface area contributed by atoms with Crippen molar-refractivity contribution >= 4 is 17.7 Å². The normalized spacial score (nSPS) is 11.9. The van der Waals surface area contributed by atoms with Crippen molar-refractivity contribution in [1.29, 1.82) is 0 Å². The summed E-state index contributed by atoms with van der Waals surface area (Å²) in [5.74, 6) is 0.128. The topological polar surface area (TPSA) is 33.2 Å². The number of rotatable bonds is 5. The van der Waals surface area contributed by atoms with E-state index in [0.717, 1.165) is 10.5 Å². The molecule has 0 fully saturated rings. The van der Waals surface area contributed by atoms with E-state index >= 15 is 0 Å². The summed E-state index contributed by atoms with van der Waals surface area (Å²) < 4.78 is 0. The van der Waals surface area contributed by atoms with Crippen molar-refractivity contribution < 1.29 is 4.79 Å². The largest absolute Gasteiger partial charge is 0.340 e. The molecule has 2 aromatic rings. The van der Waals surface area contributed by atoms with Gasteiger partial charge < -0.3 is 4.90 Å². The van der Waals surface area contributed by atoms with Crippen LogP contribution >= 0.6 is 11.8 Å². The van der Waals surface area contributed by atoms with Gasteiger partial charge in [-0.3, -0.25) is 9.78 Å². The smallest absolute Gasteiger partial charge is 0.235 e. The molecule has 1 heterocycles. The Morgan fingerprint density at radius 3 is 2.65 bits per heavy atom. The fraction of sp³-hybridized carbons (Fsp3) is 0.250. The Kier molecular flexibility index (Phi) is 5.18. The van der Waals surface area contributed by atoms with E-state index in [0.29, 0.717) is 6.54 Å². The molecule has 0 bridgehead atoms. The molecular formula is C16H18N2OS. The van der Waals surface area contributed by atoms with Crippen LogP contribution in [0.5, 0.6) is 0 Å². The van der Waals surface area contributed by atoms with Gasteiger partial charge in [0.05, 0.1) is 5.25 Å². The number of aromatic nitrogens is 1. The Bertz CT molecular complexity index is 495. The van der Waals surface area contributed by atoms with Crippen molar-refractivity contribution in [3.63, 3.8) is 0 Å². The summed E-state index contributed by atoms with van der Waals surface area (Å²) in [5, 5.41) is -0.0981. The summed E-state index contributed by atoms with van der Waals surface area (Å²) in [6, 6.07) is 13.9. The lowest BCUT2D eigenvalue weighted by atomic mass is 10.2. The van der Waals surface area contributed by atoms with Gasteiger partial charge in [0.2, 0.25) is 5.91 Å². The van der Waals surface area contributed by atoms with E-state index in [1.807, 2.05) is 56.4 Å². The van der Waals surface area contributed by atoms with Crippen LogP contribution in [0.1, 0.15) is 12.5 Å². The number of amides is 1. The number of pyridine rings is 1. The molecule has 1 amide bonds. The van der Waals surface area contributed by atoms with E-state index in [-0.39, 0.29) is 11.2 Å². The standard InChI is InChI=1S/C16H18N2OS/c1-13(20-15-8-4-3-5-9-15)16(19)18(2)12-14-7-6-10-17-11-14/h3-11,13H,12H2,1-2H3.